The Labute approximate surface area is 144 Å². The Morgan fingerprint density at radius 3 is 2.58 bits per heavy atom. The van der Waals surface area contributed by atoms with Crippen LogP contribution in [0.2, 0.25) is 0 Å². The molecule has 1 unspecified atom stereocenters. The number of carbonyl (C=O) groups excluding carboxylic acids is 1. The van der Waals surface area contributed by atoms with Gasteiger partial charge < -0.3 is 14.7 Å². The molecular weight excluding hydrogens is 304 g/mol. The van der Waals surface area contributed by atoms with Crippen molar-refractivity contribution >= 4 is 5.91 Å². The molecule has 0 saturated carbocycles. The summed E-state index contributed by atoms with van der Waals surface area (Å²) >= 11 is 0. The highest BCUT2D eigenvalue weighted by atomic mass is 16.5. The Bertz CT molecular complexity index is 535. The molecule has 2 aliphatic rings. The zero-order chi connectivity index (χ0) is 16.8. The quantitative estimate of drug-likeness (QED) is 0.775. The molecule has 1 aromatic rings. The van der Waals surface area contributed by atoms with Gasteiger partial charge in [0.1, 0.15) is 11.3 Å². The molecule has 0 aromatic heterocycles. The smallest absolute Gasteiger partial charge is 0.243 e. The second-order valence-electron chi connectivity index (χ2n) is 6.76. The lowest BCUT2D eigenvalue weighted by molar-refractivity contribution is -0.148. The number of benzene rings is 1. The standard InChI is InChI=1S/C19H28N2O3/c22-15-14-20-11-4-9-19(18(20)23)10-5-12-21(19)13-6-16-24-17-7-2-1-3-8-17/h1-3,7-8,22H,4-6,9-16H2. The molecule has 24 heavy (non-hydrogen) atoms. The van der Waals surface area contributed by atoms with Crippen molar-refractivity contribution < 1.29 is 14.6 Å². The molecule has 2 saturated heterocycles. The molecule has 1 atom stereocenters. The number of para-hydroxylation sites is 1. The molecule has 1 aromatic carbocycles. The van der Waals surface area contributed by atoms with Crippen molar-refractivity contribution in [3.63, 3.8) is 0 Å². The van der Waals surface area contributed by atoms with E-state index in [0.29, 0.717) is 13.2 Å². The number of hydrogen-bond donors (Lipinski definition) is 1. The summed E-state index contributed by atoms with van der Waals surface area (Å²) in [4.78, 5) is 17.2. The number of aliphatic hydroxyl groups excluding tert-OH is 1. The van der Waals surface area contributed by atoms with Crippen molar-refractivity contribution in [2.24, 2.45) is 0 Å². The fourth-order valence-electron chi connectivity index (χ4n) is 4.15. The van der Waals surface area contributed by atoms with Crippen LogP contribution in [-0.2, 0) is 4.79 Å². The minimum absolute atomic E-state index is 0.0483. The van der Waals surface area contributed by atoms with Crippen LogP contribution in [0.1, 0.15) is 32.1 Å². The number of likely N-dealkylation sites (tertiary alicyclic amines) is 2. The Kier molecular flexibility index (Phi) is 5.74. The van der Waals surface area contributed by atoms with Gasteiger partial charge in [-0.05, 0) is 50.8 Å². The van der Waals surface area contributed by atoms with Crippen molar-refractivity contribution in [3.05, 3.63) is 30.3 Å². The molecule has 5 nitrogen and oxygen atoms in total. The number of aliphatic hydroxyl groups is 1. The summed E-state index contributed by atoms with van der Waals surface area (Å²) in [6, 6.07) is 9.86. The van der Waals surface area contributed by atoms with Crippen LogP contribution in [0.15, 0.2) is 30.3 Å². The number of hydrogen-bond acceptors (Lipinski definition) is 4. The predicted octanol–water partition coefficient (Wildman–Crippen LogP) is 1.90. The molecule has 1 amide bonds. The molecule has 5 heteroatoms. The van der Waals surface area contributed by atoms with Crippen LogP contribution < -0.4 is 4.74 Å². The third kappa shape index (κ3) is 3.57. The second-order valence-corrected chi connectivity index (χ2v) is 6.76. The van der Waals surface area contributed by atoms with E-state index >= 15 is 0 Å². The molecular formula is C19H28N2O3. The van der Waals surface area contributed by atoms with Crippen molar-refractivity contribution in [2.45, 2.75) is 37.6 Å². The maximum absolute atomic E-state index is 12.9. The van der Waals surface area contributed by atoms with Gasteiger partial charge in [-0.2, -0.15) is 0 Å². The summed E-state index contributed by atoms with van der Waals surface area (Å²) in [5.41, 5.74) is -0.319. The Morgan fingerprint density at radius 2 is 1.83 bits per heavy atom. The second kappa shape index (κ2) is 7.99. The normalized spacial score (nSPS) is 24.7. The van der Waals surface area contributed by atoms with E-state index in [1.807, 2.05) is 35.2 Å². The van der Waals surface area contributed by atoms with Crippen molar-refractivity contribution in [1.82, 2.24) is 9.80 Å². The predicted molar refractivity (Wildman–Crippen MR) is 93.0 cm³/mol. The van der Waals surface area contributed by atoms with Crippen LogP contribution in [0.3, 0.4) is 0 Å². The molecule has 2 aliphatic heterocycles. The zero-order valence-corrected chi connectivity index (χ0v) is 14.3. The van der Waals surface area contributed by atoms with Crippen LogP contribution in [0.4, 0.5) is 0 Å². The van der Waals surface area contributed by atoms with E-state index < -0.39 is 0 Å². The maximum Gasteiger partial charge on any atom is 0.243 e. The van der Waals surface area contributed by atoms with Gasteiger partial charge in [0, 0.05) is 19.6 Å². The van der Waals surface area contributed by atoms with Crippen molar-refractivity contribution in [3.8, 4) is 5.75 Å². The first-order chi connectivity index (χ1) is 11.8. The Balaban J connectivity index is 1.54. The number of nitrogens with zero attached hydrogens (tertiary/aromatic N) is 2. The van der Waals surface area contributed by atoms with E-state index in [0.717, 1.165) is 57.5 Å². The minimum Gasteiger partial charge on any atom is -0.494 e. The van der Waals surface area contributed by atoms with E-state index in [4.69, 9.17) is 4.74 Å². The van der Waals surface area contributed by atoms with Crippen molar-refractivity contribution in [1.29, 1.82) is 0 Å². The molecule has 132 valence electrons. The number of ether oxygens (including phenoxy) is 1. The summed E-state index contributed by atoms with van der Waals surface area (Å²) < 4.78 is 5.77. The van der Waals surface area contributed by atoms with Crippen LogP contribution in [0.5, 0.6) is 5.75 Å². The number of piperidine rings is 1. The summed E-state index contributed by atoms with van der Waals surface area (Å²) in [5, 5.41) is 9.19. The van der Waals surface area contributed by atoms with Gasteiger partial charge >= 0.3 is 0 Å². The maximum atomic E-state index is 12.9. The third-order valence-corrected chi connectivity index (χ3v) is 5.28. The molecule has 2 heterocycles. The summed E-state index contributed by atoms with van der Waals surface area (Å²) in [7, 11) is 0. The molecule has 0 radical (unpaired) electrons. The van der Waals surface area contributed by atoms with Gasteiger partial charge in [0.25, 0.3) is 0 Å². The van der Waals surface area contributed by atoms with Crippen LogP contribution >= 0.6 is 0 Å². The number of rotatable bonds is 7. The molecule has 3 rings (SSSR count). The van der Waals surface area contributed by atoms with E-state index in [2.05, 4.69) is 4.90 Å². The monoisotopic (exact) mass is 332 g/mol. The van der Waals surface area contributed by atoms with Gasteiger partial charge in [0.2, 0.25) is 5.91 Å². The van der Waals surface area contributed by atoms with E-state index in [-0.39, 0.29) is 18.1 Å². The fourth-order valence-corrected chi connectivity index (χ4v) is 4.15. The van der Waals surface area contributed by atoms with Crippen LogP contribution in [-0.4, -0.2) is 65.7 Å². The van der Waals surface area contributed by atoms with E-state index in [9.17, 15) is 9.90 Å². The van der Waals surface area contributed by atoms with Gasteiger partial charge in [0.05, 0.1) is 13.2 Å². The van der Waals surface area contributed by atoms with Gasteiger partial charge in [-0.15, -0.1) is 0 Å². The number of amides is 1. The highest BCUT2D eigenvalue weighted by molar-refractivity contribution is 5.87. The average Bonchev–Trinajstić information content (AvgIpc) is 3.01. The first-order valence-corrected chi connectivity index (χ1v) is 9.09. The topological polar surface area (TPSA) is 53.0 Å². The zero-order valence-electron chi connectivity index (χ0n) is 14.3. The van der Waals surface area contributed by atoms with Gasteiger partial charge in [-0.1, -0.05) is 18.2 Å². The van der Waals surface area contributed by atoms with Crippen LogP contribution in [0.25, 0.3) is 0 Å². The largest absolute Gasteiger partial charge is 0.494 e. The summed E-state index contributed by atoms with van der Waals surface area (Å²) in [5.74, 6) is 1.13. The highest BCUT2D eigenvalue weighted by Gasteiger charge is 2.50. The lowest BCUT2D eigenvalue weighted by atomic mass is 9.85. The minimum atomic E-state index is -0.319. The third-order valence-electron chi connectivity index (χ3n) is 5.28. The SMILES string of the molecule is O=C1N(CCO)CCCC12CCCN2CCCOc1ccccc1. The molecule has 2 fully saturated rings. The fraction of sp³-hybridized carbons (Fsp3) is 0.632. The van der Waals surface area contributed by atoms with Gasteiger partial charge in [0.15, 0.2) is 0 Å². The first kappa shape index (κ1) is 17.2. The van der Waals surface area contributed by atoms with E-state index in [1.54, 1.807) is 0 Å². The molecule has 1 spiro atoms. The van der Waals surface area contributed by atoms with Crippen LogP contribution in [0, 0.1) is 0 Å². The Hall–Kier alpha value is -1.59. The molecule has 0 bridgehead atoms. The van der Waals surface area contributed by atoms with E-state index in [1.165, 1.54) is 0 Å². The highest BCUT2D eigenvalue weighted by Crippen LogP contribution is 2.38. The lowest BCUT2D eigenvalue weighted by Gasteiger charge is -2.44. The Morgan fingerprint density at radius 1 is 1.08 bits per heavy atom. The van der Waals surface area contributed by atoms with Gasteiger partial charge in [-0.3, -0.25) is 9.69 Å². The first-order valence-electron chi connectivity index (χ1n) is 9.09. The summed E-state index contributed by atoms with van der Waals surface area (Å²) in [6.45, 7) is 3.85. The van der Waals surface area contributed by atoms with Crippen molar-refractivity contribution in [2.75, 3.05) is 39.4 Å². The molecule has 1 N–H and O–H groups in total. The average molecular weight is 332 g/mol. The lowest BCUT2D eigenvalue weighted by Crippen LogP contribution is -2.60. The number of β-amino-alcohol motifs (C(OH)–C–C–N with tert-alkyl or cyclic N) is 1. The van der Waals surface area contributed by atoms with Gasteiger partial charge in [-0.25, -0.2) is 0 Å². The summed E-state index contributed by atoms with van der Waals surface area (Å²) in [6.07, 6.45) is 4.94. The number of carbonyl (C=O) groups is 1. The molecule has 0 aliphatic carbocycles.